The Bertz CT molecular complexity index is 235. The molecular weight excluding hydrogens is 158 g/mol. The zero-order valence-corrected chi connectivity index (χ0v) is 7.08. The van der Waals surface area contributed by atoms with Gasteiger partial charge in [0.1, 0.15) is 5.01 Å². The maximum absolute atomic E-state index is 5.20. The summed E-state index contributed by atoms with van der Waals surface area (Å²) in [6.45, 7) is 0.706. The van der Waals surface area contributed by atoms with Gasteiger partial charge in [-0.3, -0.25) is 11.3 Å². The average molecular weight is 169 g/mol. The zero-order chi connectivity index (χ0) is 7.68. The van der Waals surface area contributed by atoms with Crippen LogP contribution in [0.4, 0.5) is 0 Å². The summed E-state index contributed by atoms with van der Waals surface area (Å²) in [5.41, 5.74) is 3.93. The maximum Gasteiger partial charge on any atom is 0.108 e. The number of hydrogen-bond acceptors (Lipinski definition) is 4. The van der Waals surface area contributed by atoms with Crippen LogP contribution in [0.15, 0.2) is 0 Å². The van der Waals surface area contributed by atoms with Crippen LogP contribution < -0.4 is 11.3 Å². The minimum Gasteiger partial charge on any atom is -0.271 e. The number of nitrogens with two attached hydrogens (primary N) is 1. The molecule has 1 aromatic heterocycles. The number of aromatic nitrogens is 1. The Labute approximate surface area is 69.6 Å². The first-order chi connectivity index (χ1) is 5.40. The van der Waals surface area contributed by atoms with Crippen molar-refractivity contribution in [3.8, 4) is 0 Å². The number of rotatable bonds is 2. The van der Waals surface area contributed by atoms with Crippen LogP contribution in [0.1, 0.15) is 22.0 Å². The minimum atomic E-state index is 0.706. The van der Waals surface area contributed by atoms with E-state index >= 15 is 0 Å². The summed E-state index contributed by atoms with van der Waals surface area (Å²) < 4.78 is 0. The standard InChI is InChI=1S/C7H11N3S/c8-9-4-7-10-5-2-1-3-6(5)11-7/h9H,1-4,8H2. The smallest absolute Gasteiger partial charge is 0.108 e. The van der Waals surface area contributed by atoms with Gasteiger partial charge in [-0.15, -0.1) is 11.3 Å². The first-order valence-corrected chi connectivity index (χ1v) is 4.62. The molecular formula is C7H11N3S. The topological polar surface area (TPSA) is 50.9 Å². The summed E-state index contributed by atoms with van der Waals surface area (Å²) in [7, 11) is 0. The van der Waals surface area contributed by atoms with Crippen molar-refractivity contribution in [2.75, 3.05) is 0 Å². The Hall–Kier alpha value is -0.450. The monoisotopic (exact) mass is 169 g/mol. The average Bonchev–Trinajstić information content (AvgIpc) is 2.46. The van der Waals surface area contributed by atoms with E-state index in [4.69, 9.17) is 5.84 Å². The summed E-state index contributed by atoms with van der Waals surface area (Å²) in [6.07, 6.45) is 3.67. The van der Waals surface area contributed by atoms with Crippen LogP contribution in [0.3, 0.4) is 0 Å². The SMILES string of the molecule is NNCc1nc2c(s1)CCC2. The van der Waals surface area contributed by atoms with Crippen molar-refractivity contribution in [3.63, 3.8) is 0 Å². The van der Waals surface area contributed by atoms with Crippen molar-refractivity contribution in [1.29, 1.82) is 0 Å². The molecule has 0 amide bonds. The van der Waals surface area contributed by atoms with Crippen LogP contribution in [-0.2, 0) is 19.4 Å². The van der Waals surface area contributed by atoms with E-state index < -0.39 is 0 Å². The van der Waals surface area contributed by atoms with Crippen LogP contribution in [0, 0.1) is 0 Å². The van der Waals surface area contributed by atoms with Crippen LogP contribution >= 0.6 is 11.3 Å². The van der Waals surface area contributed by atoms with E-state index in [1.807, 2.05) is 0 Å². The molecule has 3 nitrogen and oxygen atoms in total. The van der Waals surface area contributed by atoms with Gasteiger partial charge in [-0.1, -0.05) is 0 Å². The van der Waals surface area contributed by atoms with Crippen molar-refractivity contribution in [2.24, 2.45) is 5.84 Å². The van der Waals surface area contributed by atoms with Crippen LogP contribution in [0.5, 0.6) is 0 Å². The predicted octanol–water partition coefficient (Wildman–Crippen LogP) is 0.595. The first-order valence-electron chi connectivity index (χ1n) is 3.81. The van der Waals surface area contributed by atoms with E-state index in [9.17, 15) is 0 Å². The molecule has 0 saturated carbocycles. The van der Waals surface area contributed by atoms with Crippen molar-refractivity contribution in [1.82, 2.24) is 10.4 Å². The van der Waals surface area contributed by atoms with E-state index in [1.165, 1.54) is 23.4 Å². The Kier molecular flexibility index (Phi) is 1.89. The lowest BCUT2D eigenvalue weighted by molar-refractivity contribution is 0.732. The fourth-order valence-corrected chi connectivity index (χ4v) is 2.51. The molecule has 0 fully saturated rings. The molecule has 0 radical (unpaired) electrons. The molecule has 1 aliphatic carbocycles. The van der Waals surface area contributed by atoms with Gasteiger partial charge >= 0.3 is 0 Å². The molecule has 60 valence electrons. The van der Waals surface area contributed by atoms with Gasteiger partial charge in [-0.25, -0.2) is 4.98 Å². The van der Waals surface area contributed by atoms with Gasteiger partial charge in [0.25, 0.3) is 0 Å². The van der Waals surface area contributed by atoms with Crippen molar-refractivity contribution in [3.05, 3.63) is 15.6 Å². The fraction of sp³-hybridized carbons (Fsp3) is 0.571. The summed E-state index contributed by atoms with van der Waals surface area (Å²) in [6, 6.07) is 0. The number of nitrogens with zero attached hydrogens (tertiary/aromatic N) is 1. The summed E-state index contributed by atoms with van der Waals surface area (Å²) in [5.74, 6) is 5.20. The molecule has 0 spiro atoms. The van der Waals surface area contributed by atoms with Crippen molar-refractivity contribution < 1.29 is 0 Å². The van der Waals surface area contributed by atoms with Crippen molar-refractivity contribution in [2.45, 2.75) is 25.8 Å². The Morgan fingerprint density at radius 2 is 2.45 bits per heavy atom. The lowest BCUT2D eigenvalue weighted by Gasteiger charge is -1.91. The van der Waals surface area contributed by atoms with Crippen LogP contribution in [0.2, 0.25) is 0 Å². The summed E-state index contributed by atoms with van der Waals surface area (Å²) in [5, 5.41) is 1.12. The van der Waals surface area contributed by atoms with Crippen LogP contribution in [0.25, 0.3) is 0 Å². The molecule has 0 unspecified atom stereocenters. The highest BCUT2D eigenvalue weighted by molar-refractivity contribution is 7.11. The van der Waals surface area contributed by atoms with Gasteiger partial charge in [0.05, 0.1) is 12.2 Å². The first kappa shape index (κ1) is 7.21. The Balaban J connectivity index is 2.20. The minimum absolute atomic E-state index is 0.706. The Morgan fingerprint density at radius 1 is 1.55 bits per heavy atom. The van der Waals surface area contributed by atoms with Gasteiger partial charge in [-0.2, -0.15) is 0 Å². The van der Waals surface area contributed by atoms with Gasteiger partial charge in [-0.05, 0) is 19.3 Å². The molecule has 0 atom stereocenters. The highest BCUT2D eigenvalue weighted by Crippen LogP contribution is 2.27. The van der Waals surface area contributed by atoms with E-state index in [0.717, 1.165) is 11.4 Å². The molecule has 1 aromatic rings. The van der Waals surface area contributed by atoms with Gasteiger partial charge in [0.15, 0.2) is 0 Å². The molecule has 0 saturated heterocycles. The second-order valence-electron chi connectivity index (χ2n) is 2.71. The number of hydrogen-bond donors (Lipinski definition) is 2. The van der Waals surface area contributed by atoms with E-state index in [1.54, 1.807) is 11.3 Å². The largest absolute Gasteiger partial charge is 0.271 e. The quantitative estimate of drug-likeness (QED) is 0.503. The van der Waals surface area contributed by atoms with E-state index in [2.05, 4.69) is 10.4 Å². The molecule has 0 aliphatic heterocycles. The highest BCUT2D eigenvalue weighted by atomic mass is 32.1. The molecule has 1 aliphatic rings. The summed E-state index contributed by atoms with van der Waals surface area (Å²) in [4.78, 5) is 5.92. The third kappa shape index (κ3) is 1.29. The third-order valence-electron chi connectivity index (χ3n) is 1.89. The molecule has 0 bridgehead atoms. The van der Waals surface area contributed by atoms with Gasteiger partial charge in [0.2, 0.25) is 0 Å². The molecule has 2 rings (SSSR count). The normalized spacial score (nSPS) is 15.4. The highest BCUT2D eigenvalue weighted by Gasteiger charge is 2.15. The summed E-state index contributed by atoms with van der Waals surface area (Å²) >= 11 is 1.79. The lowest BCUT2D eigenvalue weighted by Crippen LogP contribution is -2.20. The predicted molar refractivity (Wildman–Crippen MR) is 45.2 cm³/mol. The van der Waals surface area contributed by atoms with Gasteiger partial charge in [0, 0.05) is 4.88 Å². The molecule has 4 heteroatoms. The molecule has 0 aromatic carbocycles. The molecule has 11 heavy (non-hydrogen) atoms. The number of thiazole rings is 1. The lowest BCUT2D eigenvalue weighted by atomic mass is 10.4. The third-order valence-corrected chi connectivity index (χ3v) is 3.05. The van der Waals surface area contributed by atoms with Crippen LogP contribution in [-0.4, -0.2) is 4.98 Å². The fourth-order valence-electron chi connectivity index (χ4n) is 1.41. The van der Waals surface area contributed by atoms with E-state index in [-0.39, 0.29) is 0 Å². The Morgan fingerprint density at radius 3 is 3.18 bits per heavy atom. The van der Waals surface area contributed by atoms with Crippen molar-refractivity contribution >= 4 is 11.3 Å². The maximum atomic E-state index is 5.20. The van der Waals surface area contributed by atoms with E-state index in [0.29, 0.717) is 6.54 Å². The number of fused-ring (bicyclic) bond motifs is 1. The zero-order valence-electron chi connectivity index (χ0n) is 6.26. The second-order valence-corrected chi connectivity index (χ2v) is 3.88. The number of hydrazine groups is 1. The second kappa shape index (κ2) is 2.89. The van der Waals surface area contributed by atoms with Gasteiger partial charge < -0.3 is 0 Å². The number of nitrogens with one attached hydrogen (secondary N) is 1. The molecule has 1 heterocycles. The molecule has 3 N–H and O–H groups in total. The number of aryl methyl sites for hydroxylation is 2.